The average molecular weight is 1700 g/mol. The largest absolute Gasteiger partial charge is 0.474 e. The molecule has 0 amide bonds. The molecule has 8 atom stereocenters. The van der Waals surface area contributed by atoms with E-state index in [1.54, 1.807) is 0 Å². The second-order valence-electron chi connectivity index (χ2n) is 18.6. The van der Waals surface area contributed by atoms with E-state index in [1.807, 2.05) is 13.8 Å². The number of aliphatic hydroxyl groups excluding tert-OH is 1. The van der Waals surface area contributed by atoms with E-state index in [2.05, 4.69) is 41.5 Å². The Balaban J connectivity index is -0.00000178. The summed E-state index contributed by atoms with van der Waals surface area (Å²) in [5.74, 6) is 0. The van der Waals surface area contributed by atoms with E-state index in [9.17, 15) is 47.3 Å². The Morgan fingerprint density at radius 1 is 0.400 bits per heavy atom. The molecule has 0 saturated carbocycles. The van der Waals surface area contributed by atoms with Gasteiger partial charge in [-0.05, 0) is 36.5 Å². The maximum atomic E-state index is 13.7. The first-order valence-electron chi connectivity index (χ1n) is 25.5. The Labute approximate surface area is 631 Å². The van der Waals surface area contributed by atoms with Crippen LogP contribution in [0, 0.1) is 57.8 Å². The predicted molar refractivity (Wildman–Crippen MR) is 279 cm³/mol. The number of aliphatic hydroxyl groups is 1. The third-order valence-corrected chi connectivity index (χ3v) is 16.3. The molecule has 0 aliphatic rings. The van der Waals surface area contributed by atoms with Gasteiger partial charge in [-0.25, -0.2) is 22.8 Å². The zero-order chi connectivity index (χ0) is 56.3. The molecule has 0 aromatic rings. The van der Waals surface area contributed by atoms with Crippen molar-refractivity contribution in [2.45, 2.75) is 162 Å². The van der Waals surface area contributed by atoms with Crippen molar-refractivity contribution in [2.75, 3.05) is 79.3 Å². The fourth-order valence-corrected chi connectivity index (χ4v) is 12.0. The number of rotatable bonds is 53. The standard InChI is InChI=1S/C46H93O23P5.6Y/c1-10-18-31-61-72(52,53)67-42(34-58-40-45(24-12-3,25-13-4)26-14-5)35-63-71(50,51)65-38-44(9,37-64-70(48,49)60-33-23-21-20-22-30-47)39-66-74(56,57)69-43(68-73(54,55)62-32-19-11-2)36-59-41-46(27-15-6,28-16-7)29-17-8;;;;;;/h42-43,47H,3-8,10-41H2,1-2,9H3,(H,48,49)(H,50,51)(H,52,53)(H,54,55)(H,56,57);;;;;;/q-6;;;;;;. The molecule has 6 N–H and O–H groups in total. The number of hydrogen-bond donors (Lipinski definition) is 6. The minimum Gasteiger partial charge on any atom is -0.396 e. The molecule has 0 bridgehead atoms. The zero-order valence-electron chi connectivity index (χ0n) is 47.8. The summed E-state index contributed by atoms with van der Waals surface area (Å²) in [7, 11) is -25.2. The van der Waals surface area contributed by atoms with Crippen LogP contribution in [-0.2, 0) is 274 Å². The molecule has 0 aliphatic heterocycles. The smallest absolute Gasteiger partial charge is 0.396 e. The van der Waals surface area contributed by atoms with Crippen LogP contribution in [0.15, 0.2) is 0 Å². The Hall–Kier alpha value is 7.05. The normalized spacial score (nSPS) is 17.0. The quantitative estimate of drug-likeness (QED) is 0.0143. The fraction of sp³-hybridized carbons (Fsp3) is 0.870. The molecular formula is C46H93O23P5Y6-6. The van der Waals surface area contributed by atoms with Crippen LogP contribution in [0.3, 0.4) is 0 Å². The second kappa shape index (κ2) is 56.4. The second-order valence-corrected chi connectivity index (χ2v) is 25.8. The summed E-state index contributed by atoms with van der Waals surface area (Å²) in [6.45, 7) is 23.3. The summed E-state index contributed by atoms with van der Waals surface area (Å²) in [5, 5.41) is 9.03. The fourth-order valence-electron chi connectivity index (χ4n) is 7.46. The molecule has 6 radical (unpaired) electrons. The van der Waals surface area contributed by atoms with Crippen LogP contribution >= 0.6 is 39.1 Å². The van der Waals surface area contributed by atoms with Crippen molar-refractivity contribution in [2.24, 2.45) is 16.2 Å². The third kappa shape index (κ3) is 51.5. The molecule has 464 valence electrons. The first kappa shape index (κ1) is 101. The Morgan fingerprint density at radius 3 is 1.11 bits per heavy atom. The number of ether oxygens (including phenoxy) is 2. The van der Waals surface area contributed by atoms with Gasteiger partial charge in [-0.2, -0.15) is 38.5 Å². The van der Waals surface area contributed by atoms with Gasteiger partial charge >= 0.3 is 39.1 Å². The third-order valence-electron chi connectivity index (χ3n) is 11.4. The molecule has 0 aromatic carbocycles. The van der Waals surface area contributed by atoms with Crippen molar-refractivity contribution in [3.63, 3.8) is 0 Å². The van der Waals surface area contributed by atoms with Crippen LogP contribution in [0.5, 0.6) is 0 Å². The molecule has 0 saturated heterocycles. The van der Waals surface area contributed by atoms with Crippen LogP contribution in [0.4, 0.5) is 0 Å². The van der Waals surface area contributed by atoms with Gasteiger partial charge in [0.1, 0.15) is 6.10 Å². The van der Waals surface area contributed by atoms with Crippen molar-refractivity contribution in [1.29, 1.82) is 0 Å². The molecule has 0 aromatic heterocycles. The van der Waals surface area contributed by atoms with Gasteiger partial charge < -0.3 is 80.6 Å². The Bertz CT molecular complexity index is 1680. The summed E-state index contributed by atoms with van der Waals surface area (Å²) < 4.78 is 130. The minimum atomic E-state index is -5.42. The average Bonchev–Trinajstić information content (AvgIpc) is 3.30. The summed E-state index contributed by atoms with van der Waals surface area (Å²) >= 11 is 0. The Morgan fingerprint density at radius 2 is 0.725 bits per heavy atom. The van der Waals surface area contributed by atoms with Gasteiger partial charge in [-0.3, -0.25) is 45.2 Å². The van der Waals surface area contributed by atoms with Crippen molar-refractivity contribution in [3.8, 4) is 0 Å². The van der Waals surface area contributed by atoms with Crippen LogP contribution in [0.25, 0.3) is 0 Å². The van der Waals surface area contributed by atoms with Gasteiger partial charge in [-0.1, -0.05) is 85.0 Å². The van der Waals surface area contributed by atoms with Gasteiger partial charge in [-0.15, -0.1) is 0 Å². The SMILES string of the molecule is [CH2-]CCC(CC[CH2-])(CC[CH2-])COCC(COP(=O)(O)OCC(C)(COP(=O)(O)OCCCCCCO)COP(=O)(O)OC(COCC(CC[CH2-])(CC[CH2-])CC[CH2-])OP(=O)(O)OCCCC)OP(=O)(O)OCCCC.[Y].[Y].[Y].[Y].[Y].[Y]. The number of hydrogen-bond acceptors (Lipinski definition) is 18. The number of unbranched alkanes of at least 4 members (excludes halogenated alkanes) is 5. The first-order valence-corrected chi connectivity index (χ1v) is 32.9. The van der Waals surface area contributed by atoms with Crippen LogP contribution in [-0.4, -0.2) is 121 Å². The maximum absolute atomic E-state index is 13.7. The molecule has 0 fully saturated rings. The van der Waals surface area contributed by atoms with Gasteiger partial charge in [0.2, 0.25) is 6.29 Å². The van der Waals surface area contributed by atoms with Gasteiger partial charge in [0.15, 0.2) is 0 Å². The molecule has 0 rings (SSSR count). The molecule has 0 aliphatic carbocycles. The molecular weight excluding hydrogens is 1610 g/mol. The molecule has 0 heterocycles. The van der Waals surface area contributed by atoms with E-state index in [4.69, 9.17) is 59.8 Å². The van der Waals surface area contributed by atoms with E-state index in [-0.39, 0.29) is 241 Å². The molecule has 80 heavy (non-hydrogen) atoms. The monoisotopic (exact) mass is 1700 g/mol. The van der Waals surface area contributed by atoms with Gasteiger partial charge in [0, 0.05) is 208 Å². The van der Waals surface area contributed by atoms with E-state index in [0.29, 0.717) is 128 Å². The molecule has 8 unspecified atom stereocenters. The van der Waals surface area contributed by atoms with E-state index in [1.165, 1.54) is 6.92 Å². The minimum absolute atomic E-state index is 0. The van der Waals surface area contributed by atoms with Crippen LogP contribution in [0.1, 0.15) is 149 Å². The van der Waals surface area contributed by atoms with Crippen molar-refractivity contribution < 1.29 is 303 Å². The summed E-state index contributed by atoms with van der Waals surface area (Å²) in [5.41, 5.74) is -2.75. The predicted octanol–water partition coefficient (Wildman–Crippen LogP) is 11.2. The Kier molecular flexibility index (Phi) is 70.9. The van der Waals surface area contributed by atoms with E-state index >= 15 is 0 Å². The van der Waals surface area contributed by atoms with Crippen LogP contribution < -0.4 is 0 Å². The summed E-state index contributed by atoms with van der Waals surface area (Å²) in [4.78, 5) is 53.6. The van der Waals surface area contributed by atoms with Crippen LogP contribution in [0.2, 0.25) is 0 Å². The molecule has 23 nitrogen and oxygen atoms in total. The number of phosphoric ester groups is 5. The van der Waals surface area contributed by atoms with E-state index in [0.717, 1.165) is 0 Å². The maximum Gasteiger partial charge on any atom is 0.474 e. The van der Waals surface area contributed by atoms with Crippen molar-refractivity contribution in [3.05, 3.63) is 41.5 Å². The van der Waals surface area contributed by atoms with E-state index < -0.39 is 102 Å². The van der Waals surface area contributed by atoms with Crippen molar-refractivity contribution >= 4 is 39.1 Å². The topological polar surface area (TPSA) is 317 Å². The molecule has 34 heteroatoms. The van der Waals surface area contributed by atoms with Gasteiger partial charge in [0.05, 0.1) is 72.7 Å². The summed E-state index contributed by atoms with van der Waals surface area (Å²) in [6.07, 6.45) is 7.74. The first-order chi connectivity index (χ1) is 34.7. The van der Waals surface area contributed by atoms with Crippen molar-refractivity contribution in [1.82, 2.24) is 0 Å². The number of phosphoric acid groups is 5. The molecule has 0 spiro atoms. The van der Waals surface area contributed by atoms with Gasteiger partial charge in [0.25, 0.3) is 0 Å². The summed E-state index contributed by atoms with van der Waals surface area (Å²) in [6, 6.07) is 0. The zero-order valence-corrected chi connectivity index (χ0v) is 69.4.